The van der Waals surface area contributed by atoms with E-state index in [1.54, 1.807) is 0 Å². The van der Waals surface area contributed by atoms with Crippen LogP contribution in [0.4, 0.5) is 5.69 Å². The molecule has 0 aliphatic carbocycles. The van der Waals surface area contributed by atoms with Gasteiger partial charge in [0.2, 0.25) is 5.91 Å². The van der Waals surface area contributed by atoms with Crippen LogP contribution in [0.5, 0.6) is 0 Å². The van der Waals surface area contributed by atoms with Crippen LogP contribution in [0.2, 0.25) is 0 Å². The van der Waals surface area contributed by atoms with Gasteiger partial charge >= 0.3 is 5.97 Å². The topological polar surface area (TPSA) is 98.5 Å². The lowest BCUT2D eigenvalue weighted by Gasteiger charge is -2.05. The van der Waals surface area contributed by atoms with Gasteiger partial charge in [-0.25, -0.2) is 4.79 Å². The number of nitro benzene ring substituents is 1. The zero-order valence-electron chi connectivity index (χ0n) is 10.4. The molecular weight excluding hydrogens is 253 g/mol. The maximum atomic E-state index is 11.4. The highest BCUT2D eigenvalue weighted by Gasteiger charge is 2.11. The number of methoxy groups -OCH3 is 1. The highest BCUT2D eigenvalue weighted by Crippen LogP contribution is 2.14. The number of rotatable bonds is 4. The highest BCUT2D eigenvalue weighted by atomic mass is 16.6. The Morgan fingerprint density at radius 2 is 1.89 bits per heavy atom. The summed E-state index contributed by atoms with van der Waals surface area (Å²) in [7, 11) is 1.19. The predicted octanol–water partition coefficient (Wildman–Crippen LogP) is 1.24. The van der Waals surface area contributed by atoms with E-state index >= 15 is 0 Å². The van der Waals surface area contributed by atoms with Crippen LogP contribution < -0.4 is 5.32 Å². The fourth-order valence-electron chi connectivity index (χ4n) is 1.30. The van der Waals surface area contributed by atoms with Gasteiger partial charge in [0.25, 0.3) is 5.69 Å². The standard InChI is InChI=1S/C12H12N2O5/c1-8(15)13-11(12(16)19-2)7-9-3-5-10(6-4-9)14(17)18/h3-7H,1-2H3,(H,13,15)/b11-7+/i11+1. The number of nitro groups is 1. The summed E-state index contributed by atoms with van der Waals surface area (Å²) in [5, 5.41) is 12.8. The third-order valence-corrected chi connectivity index (χ3v) is 2.13. The van der Waals surface area contributed by atoms with Crippen molar-refractivity contribution in [3.63, 3.8) is 0 Å². The van der Waals surface area contributed by atoms with E-state index in [9.17, 15) is 19.7 Å². The van der Waals surface area contributed by atoms with Crippen LogP contribution in [0.15, 0.2) is 30.0 Å². The molecule has 7 nitrogen and oxygen atoms in total. The molecule has 1 aromatic rings. The van der Waals surface area contributed by atoms with Crippen LogP contribution in [0, 0.1) is 10.1 Å². The summed E-state index contributed by atoms with van der Waals surface area (Å²) >= 11 is 0. The van der Waals surface area contributed by atoms with Crippen molar-refractivity contribution >= 4 is 23.6 Å². The van der Waals surface area contributed by atoms with Gasteiger partial charge in [0, 0.05) is 19.1 Å². The quantitative estimate of drug-likeness (QED) is 0.290. The Bertz CT molecular complexity index is 534. The second-order valence-electron chi connectivity index (χ2n) is 3.58. The molecule has 1 aromatic carbocycles. The largest absolute Gasteiger partial charge is 0.464 e. The van der Waals surface area contributed by atoms with Crippen LogP contribution in [0.3, 0.4) is 0 Å². The van der Waals surface area contributed by atoms with Gasteiger partial charge in [0.1, 0.15) is 5.70 Å². The van der Waals surface area contributed by atoms with Crippen molar-refractivity contribution < 1.29 is 19.2 Å². The van der Waals surface area contributed by atoms with Crippen molar-refractivity contribution in [1.82, 2.24) is 5.32 Å². The molecule has 0 bridgehead atoms. The summed E-state index contributed by atoms with van der Waals surface area (Å²) in [6, 6.07) is 5.52. The van der Waals surface area contributed by atoms with Gasteiger partial charge in [-0.2, -0.15) is 0 Å². The van der Waals surface area contributed by atoms with Gasteiger partial charge in [-0.15, -0.1) is 0 Å². The molecule has 19 heavy (non-hydrogen) atoms. The first kappa shape index (κ1) is 14.4. The Balaban J connectivity index is 3.03. The van der Waals surface area contributed by atoms with Crippen molar-refractivity contribution in [2.45, 2.75) is 6.92 Å². The molecule has 1 rings (SSSR count). The minimum absolute atomic E-state index is 0.0381. The number of carbonyl (C=O) groups is 2. The number of hydrogen-bond donors (Lipinski definition) is 1. The number of non-ortho nitro benzene ring substituents is 1. The van der Waals surface area contributed by atoms with Gasteiger partial charge in [0.05, 0.1) is 12.0 Å². The molecule has 1 N–H and O–H groups in total. The number of hydrogen-bond acceptors (Lipinski definition) is 5. The summed E-state index contributed by atoms with van der Waals surface area (Å²) in [5.74, 6) is -1.12. The Morgan fingerprint density at radius 1 is 1.32 bits per heavy atom. The third-order valence-electron chi connectivity index (χ3n) is 2.13. The van der Waals surface area contributed by atoms with Gasteiger partial charge in [-0.05, 0) is 23.8 Å². The number of ether oxygens (including phenoxy) is 1. The van der Waals surface area contributed by atoms with E-state index < -0.39 is 16.8 Å². The Labute approximate surface area is 109 Å². The lowest BCUT2D eigenvalue weighted by atomic mass is 10.2. The minimum Gasteiger partial charge on any atom is -0.464 e. The molecule has 0 atom stereocenters. The van der Waals surface area contributed by atoms with E-state index in [1.165, 1.54) is 44.4 Å². The molecule has 0 aliphatic heterocycles. The lowest BCUT2D eigenvalue weighted by Crippen LogP contribution is -2.25. The summed E-state index contributed by atoms with van der Waals surface area (Å²) < 4.78 is 4.52. The molecule has 100 valence electrons. The van der Waals surface area contributed by atoms with Gasteiger partial charge in [0.15, 0.2) is 0 Å². The normalized spacial score (nSPS) is 10.7. The first-order valence-electron chi connectivity index (χ1n) is 5.26. The molecule has 0 saturated carbocycles. The highest BCUT2D eigenvalue weighted by molar-refractivity contribution is 5.97. The molecule has 0 radical (unpaired) electrons. The number of benzene rings is 1. The van der Waals surface area contributed by atoms with Gasteiger partial charge in [-0.3, -0.25) is 14.9 Å². The summed E-state index contributed by atoms with van der Waals surface area (Å²) in [6.45, 7) is 1.26. The van der Waals surface area contributed by atoms with Gasteiger partial charge < -0.3 is 10.1 Å². The minimum atomic E-state index is -0.700. The zero-order valence-corrected chi connectivity index (χ0v) is 10.4. The maximum Gasteiger partial charge on any atom is 0.354 e. The van der Waals surface area contributed by atoms with E-state index in [0.29, 0.717) is 5.56 Å². The summed E-state index contributed by atoms with van der Waals surface area (Å²) in [6.07, 6.45) is 1.37. The second-order valence-corrected chi connectivity index (χ2v) is 3.58. The monoisotopic (exact) mass is 265 g/mol. The summed E-state index contributed by atoms with van der Waals surface area (Å²) in [5.41, 5.74) is 0.430. The van der Waals surface area contributed by atoms with Crippen molar-refractivity contribution in [1.29, 1.82) is 0 Å². The fraction of sp³-hybridized carbons (Fsp3) is 0.167. The van der Waals surface area contributed by atoms with Crippen LogP contribution >= 0.6 is 0 Å². The molecule has 0 aromatic heterocycles. The third kappa shape index (κ3) is 4.23. The van der Waals surface area contributed by atoms with Crippen LogP contribution in [-0.4, -0.2) is 23.9 Å². The molecule has 0 fully saturated rings. The molecule has 1 amide bonds. The van der Waals surface area contributed by atoms with Crippen molar-refractivity contribution in [3.8, 4) is 0 Å². The second kappa shape index (κ2) is 6.29. The number of nitrogens with zero attached hydrogens (tertiary/aromatic N) is 1. The number of amides is 1. The van der Waals surface area contributed by atoms with E-state index in [2.05, 4.69) is 10.1 Å². The van der Waals surface area contributed by atoms with Crippen LogP contribution in [0.25, 0.3) is 6.08 Å². The number of nitrogens with one attached hydrogen (secondary N) is 1. The molecule has 0 aliphatic rings. The molecule has 7 heteroatoms. The van der Waals surface area contributed by atoms with E-state index in [0.717, 1.165) is 0 Å². The molecule has 0 spiro atoms. The van der Waals surface area contributed by atoms with E-state index in [-0.39, 0.29) is 11.4 Å². The first-order chi connectivity index (χ1) is 8.93. The average molecular weight is 265 g/mol. The smallest absolute Gasteiger partial charge is 0.354 e. The Kier molecular flexibility index (Phi) is 4.76. The van der Waals surface area contributed by atoms with Crippen molar-refractivity contribution in [2.24, 2.45) is 0 Å². The van der Waals surface area contributed by atoms with Crippen LogP contribution in [-0.2, 0) is 14.3 Å². The van der Waals surface area contributed by atoms with E-state index in [1.807, 2.05) is 0 Å². The molecular formula is C12H12N2O5. The average Bonchev–Trinajstić information content (AvgIpc) is 2.37. The Hall–Kier alpha value is -2.70. The summed E-state index contributed by atoms with van der Waals surface area (Å²) in [4.78, 5) is 32.3. The van der Waals surface area contributed by atoms with Gasteiger partial charge in [-0.1, -0.05) is 0 Å². The van der Waals surface area contributed by atoms with E-state index in [4.69, 9.17) is 0 Å². The fourth-order valence-corrected chi connectivity index (χ4v) is 1.30. The number of carbonyl (C=O) groups excluding carboxylic acids is 2. The maximum absolute atomic E-state index is 11.4. The SMILES string of the molecule is COC(=O)/[13C](=C\c1ccc([N+](=O)[O-])cc1)NC(C)=O. The van der Waals surface area contributed by atoms with Crippen molar-refractivity contribution in [2.75, 3.05) is 7.11 Å². The zero-order chi connectivity index (χ0) is 14.4. The predicted molar refractivity (Wildman–Crippen MR) is 66.9 cm³/mol. The lowest BCUT2D eigenvalue weighted by molar-refractivity contribution is -0.384. The molecule has 0 heterocycles. The van der Waals surface area contributed by atoms with Crippen LogP contribution in [0.1, 0.15) is 12.5 Å². The van der Waals surface area contributed by atoms with Crippen molar-refractivity contribution in [3.05, 3.63) is 45.6 Å². The number of esters is 1. The molecule has 0 unspecified atom stereocenters. The molecule has 0 saturated heterocycles. The Morgan fingerprint density at radius 3 is 2.32 bits per heavy atom. The first-order valence-corrected chi connectivity index (χ1v) is 5.26.